The van der Waals surface area contributed by atoms with Crippen LogP contribution in [-0.4, -0.2) is 43.4 Å². The molecule has 2 aliphatic carbocycles. The molecule has 0 heterocycles. The van der Waals surface area contributed by atoms with E-state index in [4.69, 9.17) is 9.47 Å². The van der Waals surface area contributed by atoms with E-state index >= 15 is 0 Å². The van der Waals surface area contributed by atoms with Crippen molar-refractivity contribution in [1.82, 2.24) is 0 Å². The molecule has 0 aliphatic heterocycles. The highest BCUT2D eigenvalue weighted by Crippen LogP contribution is 2.25. The lowest BCUT2D eigenvalue weighted by Gasteiger charge is -2.24. The summed E-state index contributed by atoms with van der Waals surface area (Å²) in [7, 11) is -4.98. The van der Waals surface area contributed by atoms with Crippen LogP contribution in [0.3, 0.4) is 0 Å². The molecule has 0 spiro atoms. The van der Waals surface area contributed by atoms with E-state index in [0.29, 0.717) is 0 Å². The molecule has 0 aromatic carbocycles. The van der Waals surface area contributed by atoms with E-state index in [1.165, 1.54) is 6.42 Å². The molecule has 0 aromatic heterocycles. The molecule has 0 amide bonds. The molecule has 2 saturated carbocycles. The van der Waals surface area contributed by atoms with Gasteiger partial charge >= 0.3 is 11.9 Å². The van der Waals surface area contributed by atoms with Crippen molar-refractivity contribution in [1.29, 1.82) is 0 Å². The Labute approximate surface area is 155 Å². The first-order chi connectivity index (χ1) is 12.4. The smallest absolute Gasteiger partial charge is 0.323 e. The van der Waals surface area contributed by atoms with Gasteiger partial charge in [-0.15, -0.1) is 0 Å². The van der Waals surface area contributed by atoms with Crippen molar-refractivity contribution in [2.24, 2.45) is 11.8 Å². The first-order valence-electron chi connectivity index (χ1n) is 9.63. The van der Waals surface area contributed by atoms with Gasteiger partial charge in [0.15, 0.2) is 5.25 Å². The van der Waals surface area contributed by atoms with Crippen LogP contribution < -0.4 is 0 Å². The third-order valence-electron chi connectivity index (χ3n) is 5.35. The summed E-state index contributed by atoms with van der Waals surface area (Å²) in [6.07, 6.45) is 9.63. The average molecular weight is 389 g/mol. The monoisotopic (exact) mass is 389 g/mol. The van der Waals surface area contributed by atoms with Crippen LogP contribution in [0.25, 0.3) is 0 Å². The Kier molecular flexibility index (Phi) is 8.34. The molecule has 2 fully saturated rings. The summed E-state index contributed by atoms with van der Waals surface area (Å²) in [4.78, 5) is 24.0. The number of ether oxygens (including phenoxy) is 2. The highest BCUT2D eigenvalue weighted by Gasteiger charge is 2.31. The van der Waals surface area contributed by atoms with Crippen LogP contribution in [0.15, 0.2) is 0 Å². The third-order valence-corrected chi connectivity index (χ3v) is 6.41. The van der Waals surface area contributed by atoms with Crippen LogP contribution >= 0.6 is 0 Å². The molecular formula is C18H29O7S-. The second-order valence-electron chi connectivity index (χ2n) is 7.51. The van der Waals surface area contributed by atoms with Crippen molar-refractivity contribution in [3.8, 4) is 0 Å². The molecule has 7 nitrogen and oxygen atoms in total. The molecule has 8 heteroatoms. The molecule has 150 valence electrons. The lowest BCUT2D eigenvalue weighted by Crippen LogP contribution is -2.36. The largest absolute Gasteiger partial charge is 0.747 e. The van der Waals surface area contributed by atoms with Gasteiger partial charge in [-0.05, 0) is 37.5 Å². The van der Waals surface area contributed by atoms with Gasteiger partial charge in [0.2, 0.25) is 0 Å². The van der Waals surface area contributed by atoms with Gasteiger partial charge in [0.05, 0.1) is 19.6 Å². The van der Waals surface area contributed by atoms with Crippen molar-refractivity contribution in [2.45, 2.75) is 75.9 Å². The normalized spacial score (nSPS) is 21.1. The topological polar surface area (TPSA) is 110 Å². The minimum atomic E-state index is -4.98. The lowest BCUT2D eigenvalue weighted by atomic mass is 9.90. The van der Waals surface area contributed by atoms with Gasteiger partial charge in [-0.1, -0.05) is 38.5 Å². The summed E-state index contributed by atoms with van der Waals surface area (Å²) in [5.41, 5.74) is 0. The van der Waals surface area contributed by atoms with Gasteiger partial charge in [0.25, 0.3) is 0 Å². The zero-order valence-electron chi connectivity index (χ0n) is 15.2. The molecule has 26 heavy (non-hydrogen) atoms. The molecule has 2 aliphatic rings. The molecule has 2 rings (SSSR count). The Hall–Kier alpha value is -1.15. The zero-order chi connectivity index (χ0) is 19.0. The lowest BCUT2D eigenvalue weighted by molar-refractivity contribution is -0.151. The van der Waals surface area contributed by atoms with Crippen LogP contribution in [0, 0.1) is 11.8 Å². The van der Waals surface area contributed by atoms with E-state index in [2.05, 4.69) is 0 Å². The maximum atomic E-state index is 12.1. The Morgan fingerprint density at radius 2 is 1.31 bits per heavy atom. The number of esters is 2. The quantitative estimate of drug-likeness (QED) is 0.463. The van der Waals surface area contributed by atoms with Gasteiger partial charge < -0.3 is 14.0 Å². The summed E-state index contributed by atoms with van der Waals surface area (Å²) in [6.45, 7) is 0.309. The average Bonchev–Trinajstić information content (AvgIpc) is 2.63. The van der Waals surface area contributed by atoms with E-state index < -0.39 is 33.7 Å². The van der Waals surface area contributed by atoms with Gasteiger partial charge in [-0.3, -0.25) is 9.59 Å². The van der Waals surface area contributed by atoms with E-state index in [1.54, 1.807) is 0 Å². The number of hydrogen-bond donors (Lipinski definition) is 0. The maximum Gasteiger partial charge on any atom is 0.323 e. The molecule has 1 unspecified atom stereocenters. The van der Waals surface area contributed by atoms with Crippen LogP contribution in [0.1, 0.15) is 70.6 Å². The van der Waals surface area contributed by atoms with Crippen LogP contribution in [0.5, 0.6) is 0 Å². The predicted molar refractivity (Wildman–Crippen MR) is 93.2 cm³/mol. The standard InChI is InChI=1S/C18H30O7S/c19-17(24-12-14-7-3-1-4-8-14)11-16(26(21,22)23)18(20)25-13-15-9-5-2-6-10-15/h14-16H,1-13H2,(H,21,22,23)/p-1. The Morgan fingerprint density at radius 3 is 1.77 bits per heavy atom. The fraction of sp³-hybridized carbons (Fsp3) is 0.889. The minimum Gasteiger partial charge on any atom is -0.747 e. The summed E-state index contributed by atoms with van der Waals surface area (Å²) < 4.78 is 44.3. The van der Waals surface area contributed by atoms with Crippen LogP contribution in [0.4, 0.5) is 0 Å². The number of carbonyl (C=O) groups is 2. The molecule has 0 bridgehead atoms. The maximum absolute atomic E-state index is 12.1. The number of hydrogen-bond acceptors (Lipinski definition) is 7. The second-order valence-corrected chi connectivity index (χ2v) is 9.06. The Morgan fingerprint density at radius 1 is 0.846 bits per heavy atom. The first kappa shape index (κ1) is 21.2. The summed E-state index contributed by atoms with van der Waals surface area (Å²) >= 11 is 0. The minimum absolute atomic E-state index is 0.0992. The highest BCUT2D eigenvalue weighted by molar-refractivity contribution is 7.87. The summed E-state index contributed by atoms with van der Waals surface area (Å²) in [5.74, 6) is -1.51. The van der Waals surface area contributed by atoms with Crippen LogP contribution in [0.2, 0.25) is 0 Å². The molecule has 0 radical (unpaired) electrons. The number of rotatable bonds is 8. The van der Waals surface area contributed by atoms with E-state index in [1.807, 2.05) is 0 Å². The van der Waals surface area contributed by atoms with Crippen molar-refractivity contribution in [3.05, 3.63) is 0 Å². The predicted octanol–water partition coefficient (Wildman–Crippen LogP) is 2.54. The molecule has 0 saturated heterocycles. The van der Waals surface area contributed by atoms with Gasteiger partial charge in [-0.25, -0.2) is 8.42 Å². The van der Waals surface area contributed by atoms with Crippen molar-refractivity contribution in [3.63, 3.8) is 0 Å². The van der Waals surface area contributed by atoms with E-state index in [0.717, 1.165) is 57.8 Å². The van der Waals surface area contributed by atoms with Gasteiger partial charge in [0, 0.05) is 0 Å². The summed E-state index contributed by atoms with van der Waals surface area (Å²) in [5, 5.41) is -2.02. The van der Waals surface area contributed by atoms with Gasteiger partial charge in [0.1, 0.15) is 10.1 Å². The van der Waals surface area contributed by atoms with Crippen LogP contribution in [-0.2, 0) is 29.2 Å². The Bertz CT molecular complexity index is 560. The van der Waals surface area contributed by atoms with Gasteiger partial charge in [-0.2, -0.15) is 0 Å². The SMILES string of the molecule is O=C(CC(C(=O)OCC1CCCCC1)S(=O)(=O)[O-])OCC1CCCCC1. The fourth-order valence-corrected chi connectivity index (χ4v) is 4.37. The van der Waals surface area contributed by atoms with Crippen molar-refractivity contribution in [2.75, 3.05) is 13.2 Å². The van der Waals surface area contributed by atoms with E-state index in [-0.39, 0.29) is 25.0 Å². The van der Waals surface area contributed by atoms with Crippen molar-refractivity contribution >= 4 is 22.1 Å². The molecular weight excluding hydrogens is 360 g/mol. The molecule has 1 atom stereocenters. The second kappa shape index (κ2) is 10.3. The molecule has 0 aromatic rings. The highest BCUT2D eigenvalue weighted by atomic mass is 32.2. The number of carbonyl (C=O) groups excluding carboxylic acids is 2. The van der Waals surface area contributed by atoms with Crippen molar-refractivity contribution < 1.29 is 32.0 Å². The third kappa shape index (κ3) is 7.23. The molecule has 0 N–H and O–H groups in total. The zero-order valence-corrected chi connectivity index (χ0v) is 16.0. The fourth-order valence-electron chi connectivity index (χ4n) is 3.72. The van der Waals surface area contributed by atoms with E-state index in [9.17, 15) is 22.6 Å². The first-order valence-corrected chi connectivity index (χ1v) is 11.1. The summed E-state index contributed by atoms with van der Waals surface area (Å²) in [6, 6.07) is 0. The Balaban J connectivity index is 1.81.